The van der Waals surface area contributed by atoms with Crippen LogP contribution in [0.3, 0.4) is 0 Å². The van der Waals surface area contributed by atoms with Gasteiger partial charge in [-0.15, -0.1) is 0 Å². The highest BCUT2D eigenvalue weighted by atomic mass is 35.5. The highest BCUT2D eigenvalue weighted by Crippen LogP contribution is 2.26. The molecule has 8 nitrogen and oxygen atoms in total. The number of thiazole rings is 1. The Morgan fingerprint density at radius 2 is 1.29 bits per heavy atom. The Morgan fingerprint density at radius 1 is 0.792 bits per heavy atom. The first kappa shape index (κ1) is 46.0. The normalized spacial score (nSPS) is 11.6. The van der Waals surface area contributed by atoms with Crippen LogP contribution in [0.1, 0.15) is 92.1 Å². The van der Waals surface area contributed by atoms with Crippen molar-refractivity contribution in [2.24, 2.45) is 16.2 Å². The van der Waals surface area contributed by atoms with Crippen LogP contribution in [-0.2, 0) is 23.8 Å². The molecule has 272 valence electrons. The van der Waals surface area contributed by atoms with Gasteiger partial charge in [0.15, 0.2) is 5.78 Å². The maximum absolute atomic E-state index is 12.5. The first-order chi connectivity index (χ1) is 22.0. The molecule has 48 heavy (non-hydrogen) atoms. The topological polar surface area (TPSA) is 101 Å². The number of hydrogen-bond acceptors (Lipinski definition) is 9. The molecule has 3 rings (SSSR count). The molecule has 0 atom stereocenters. The van der Waals surface area contributed by atoms with Gasteiger partial charge in [0.05, 0.1) is 31.1 Å². The summed E-state index contributed by atoms with van der Waals surface area (Å²) in [6, 6.07) is 11.6. The molecule has 0 saturated heterocycles. The van der Waals surface area contributed by atoms with Crippen LogP contribution in [0.5, 0.6) is 10.9 Å². The molecule has 0 aliphatic carbocycles. The van der Waals surface area contributed by atoms with E-state index in [0.29, 0.717) is 42.9 Å². The van der Waals surface area contributed by atoms with Gasteiger partial charge in [0.1, 0.15) is 5.75 Å². The van der Waals surface area contributed by atoms with Crippen LogP contribution >= 0.6 is 34.5 Å². The van der Waals surface area contributed by atoms with Crippen LogP contribution in [0.4, 0.5) is 0 Å². The molecule has 0 aliphatic heterocycles. The molecule has 12 heteroatoms. The fourth-order valence-corrected chi connectivity index (χ4v) is 4.41. The van der Waals surface area contributed by atoms with Gasteiger partial charge in [-0.1, -0.05) is 96.9 Å². The number of nitrogens with zero attached hydrogens (tertiary/aromatic N) is 1. The molecule has 0 fully saturated rings. The largest absolute Gasteiger partial charge is 0.431 e. The van der Waals surface area contributed by atoms with Crippen molar-refractivity contribution in [3.8, 4) is 10.9 Å². The summed E-state index contributed by atoms with van der Waals surface area (Å²) in [6.07, 6.45) is 2.72. The summed E-state index contributed by atoms with van der Waals surface area (Å²) in [6.45, 7) is 26.4. The van der Waals surface area contributed by atoms with E-state index in [-0.39, 0.29) is 17.8 Å². The van der Waals surface area contributed by atoms with E-state index in [4.69, 9.17) is 37.4 Å². The summed E-state index contributed by atoms with van der Waals surface area (Å²) in [4.78, 5) is 16.5. The van der Waals surface area contributed by atoms with Crippen molar-refractivity contribution in [2.75, 3.05) is 39.3 Å². The molecule has 1 aromatic heterocycles. The van der Waals surface area contributed by atoms with Gasteiger partial charge in [-0.25, -0.2) is 4.98 Å². The second-order valence-electron chi connectivity index (χ2n) is 14.3. The van der Waals surface area contributed by atoms with Crippen molar-refractivity contribution in [1.29, 1.82) is 0 Å². The summed E-state index contributed by atoms with van der Waals surface area (Å²) in [7, 11) is -3.26. The number of hydrogen-bond donors (Lipinski definition) is 0. The Labute approximate surface area is 303 Å². The monoisotopic (exact) mass is 747 g/mol. The standard InChI is InChI=1S/C16H9Cl2NO2S.2C7H16O.C6H14O3S/c17-11-3-6-14(18)13(9-11)15(20)10-1-4-12(5-2-10)21-16-19-7-8-22-16;2*1-5-8-6-7(2,3)4;1-6(2,3)5-9-10(4,7)8/h1-9H;2*5-6H2,1-4H3;5H2,1-4H3. The van der Waals surface area contributed by atoms with Crippen molar-refractivity contribution in [3.05, 3.63) is 75.2 Å². The Balaban J connectivity index is 0.000000710. The Kier molecular flexibility index (Phi) is 21.0. The van der Waals surface area contributed by atoms with E-state index < -0.39 is 10.1 Å². The van der Waals surface area contributed by atoms with Crippen LogP contribution in [0.15, 0.2) is 54.0 Å². The number of carbonyl (C=O) groups excluding carboxylic acids is 1. The summed E-state index contributed by atoms with van der Waals surface area (Å²) < 4.78 is 41.4. The fourth-order valence-electron chi connectivity index (χ4n) is 2.96. The van der Waals surface area contributed by atoms with Crippen molar-refractivity contribution in [1.82, 2.24) is 4.98 Å². The van der Waals surface area contributed by atoms with E-state index in [0.717, 1.165) is 32.7 Å². The third-order valence-corrected chi connectivity index (χ3v) is 6.85. The first-order valence-electron chi connectivity index (χ1n) is 15.6. The number of halogens is 2. The number of rotatable bonds is 10. The molecular formula is C36H55Cl2NO7S2. The third kappa shape index (κ3) is 25.0. The van der Waals surface area contributed by atoms with Crippen LogP contribution in [0.2, 0.25) is 10.0 Å². The van der Waals surface area contributed by atoms with E-state index in [1.807, 2.05) is 40.0 Å². The van der Waals surface area contributed by atoms with Gasteiger partial charge in [0.25, 0.3) is 15.3 Å². The zero-order chi connectivity index (χ0) is 37.2. The average Bonchev–Trinajstić information content (AvgIpc) is 3.48. The quantitative estimate of drug-likeness (QED) is 0.149. The predicted molar refractivity (Wildman–Crippen MR) is 201 cm³/mol. The van der Waals surface area contributed by atoms with Crippen LogP contribution in [-0.4, -0.2) is 58.5 Å². The van der Waals surface area contributed by atoms with Gasteiger partial charge in [-0.05, 0) is 72.6 Å². The summed E-state index contributed by atoms with van der Waals surface area (Å²) in [5.74, 6) is 0.428. The molecule has 1 heterocycles. The van der Waals surface area contributed by atoms with E-state index in [1.54, 1.807) is 48.7 Å². The van der Waals surface area contributed by atoms with Gasteiger partial charge in [-0.3, -0.25) is 8.98 Å². The Morgan fingerprint density at radius 3 is 1.65 bits per heavy atom. The molecule has 0 aliphatic rings. The zero-order valence-corrected chi connectivity index (χ0v) is 33.8. The van der Waals surface area contributed by atoms with Crippen LogP contribution in [0.25, 0.3) is 0 Å². The van der Waals surface area contributed by atoms with E-state index in [1.165, 1.54) is 11.3 Å². The minimum atomic E-state index is -3.26. The molecule has 3 aromatic rings. The highest BCUT2D eigenvalue weighted by molar-refractivity contribution is 7.85. The third-order valence-electron chi connectivity index (χ3n) is 5.09. The number of aromatic nitrogens is 1. The highest BCUT2D eigenvalue weighted by Gasteiger charge is 2.15. The molecule has 0 radical (unpaired) electrons. The summed E-state index contributed by atoms with van der Waals surface area (Å²) in [5, 5.41) is 3.22. The molecule has 0 amide bonds. The molecule has 0 spiro atoms. The molecule has 0 bridgehead atoms. The van der Waals surface area contributed by atoms with Crippen molar-refractivity contribution >= 4 is 50.4 Å². The number of benzene rings is 2. The first-order valence-corrected chi connectivity index (χ1v) is 19.1. The molecule has 0 unspecified atom stereocenters. The maximum Gasteiger partial charge on any atom is 0.278 e. The average molecular weight is 749 g/mol. The molecule has 0 saturated carbocycles. The lowest BCUT2D eigenvalue weighted by Gasteiger charge is -2.16. The Bertz CT molecular complexity index is 1410. The van der Waals surface area contributed by atoms with Crippen molar-refractivity contribution in [3.63, 3.8) is 0 Å². The van der Waals surface area contributed by atoms with Gasteiger partial charge in [0.2, 0.25) is 0 Å². The number of ketones is 1. The summed E-state index contributed by atoms with van der Waals surface area (Å²) >= 11 is 13.4. The van der Waals surface area contributed by atoms with Gasteiger partial charge < -0.3 is 14.2 Å². The van der Waals surface area contributed by atoms with Crippen LogP contribution < -0.4 is 4.74 Å². The van der Waals surface area contributed by atoms with Gasteiger partial charge in [0, 0.05) is 40.9 Å². The summed E-state index contributed by atoms with van der Waals surface area (Å²) in [5.41, 5.74) is 1.45. The van der Waals surface area contributed by atoms with E-state index in [2.05, 4.69) is 50.7 Å². The minimum absolute atomic E-state index is 0.0942. The lowest BCUT2D eigenvalue weighted by atomic mass is 9.99. The Hall–Kier alpha value is -2.05. The van der Waals surface area contributed by atoms with Gasteiger partial charge >= 0.3 is 0 Å². The maximum atomic E-state index is 12.5. The van der Waals surface area contributed by atoms with E-state index in [9.17, 15) is 13.2 Å². The molecular weight excluding hydrogens is 693 g/mol. The lowest BCUT2D eigenvalue weighted by Crippen LogP contribution is -2.17. The van der Waals surface area contributed by atoms with Crippen molar-refractivity contribution in [2.45, 2.75) is 76.2 Å². The predicted octanol–water partition coefficient (Wildman–Crippen LogP) is 10.6. The van der Waals surface area contributed by atoms with Crippen molar-refractivity contribution < 1.29 is 31.6 Å². The van der Waals surface area contributed by atoms with Gasteiger partial charge in [-0.2, -0.15) is 8.42 Å². The molecule has 0 N–H and O–H groups in total. The number of ether oxygens (including phenoxy) is 3. The SMILES string of the molecule is CC(C)(C)COS(C)(=O)=O.CCOCC(C)(C)C.CCOCC(C)(C)C.O=C(c1ccc(Oc2nccs2)cc1)c1cc(Cl)ccc1Cl. The molecule has 2 aromatic carbocycles. The lowest BCUT2D eigenvalue weighted by molar-refractivity contribution is 0.0805. The number of carbonyl (C=O) groups is 1. The van der Waals surface area contributed by atoms with E-state index >= 15 is 0 Å². The second kappa shape index (κ2) is 21.9. The minimum Gasteiger partial charge on any atom is -0.431 e. The fraction of sp³-hybridized carbons (Fsp3) is 0.556. The second-order valence-corrected chi connectivity index (χ2v) is 17.6. The van der Waals surface area contributed by atoms with Crippen LogP contribution in [0, 0.1) is 16.2 Å². The smallest absolute Gasteiger partial charge is 0.278 e. The zero-order valence-electron chi connectivity index (χ0n) is 30.6.